The van der Waals surface area contributed by atoms with Crippen molar-refractivity contribution in [2.24, 2.45) is 5.11 Å². The number of rotatable bonds is 3. The molecule has 0 fully saturated rings. The van der Waals surface area contributed by atoms with Crippen molar-refractivity contribution in [1.29, 1.82) is 0 Å². The average Bonchev–Trinajstić information content (AvgIpc) is 2.57. The molecule has 7 nitrogen and oxygen atoms in total. The molecule has 0 atom stereocenters. The Labute approximate surface area is 89.6 Å². The molecule has 1 aromatic carbocycles. The van der Waals surface area contributed by atoms with Crippen molar-refractivity contribution >= 4 is 23.0 Å². The number of carboxylic acids is 1. The maximum Gasteiger partial charge on any atom is 0.323 e. The van der Waals surface area contributed by atoms with Crippen LogP contribution in [0.25, 0.3) is 21.5 Å². The fourth-order valence-corrected chi connectivity index (χ4v) is 1.47. The van der Waals surface area contributed by atoms with Crippen molar-refractivity contribution in [1.82, 2.24) is 9.55 Å². The summed E-state index contributed by atoms with van der Waals surface area (Å²) in [6.45, 7) is -0.283. The molecule has 0 aliphatic heterocycles. The standard InChI is InChI=1S/C9H7N5O2/c10-13-12-9-11-6-3-1-2-4-7(6)14(9)5-8(15)16/h1-4H,5H2,(H,15,16). The van der Waals surface area contributed by atoms with Gasteiger partial charge in [-0.3, -0.25) is 4.79 Å². The number of carbonyl (C=O) groups is 1. The summed E-state index contributed by atoms with van der Waals surface area (Å²) in [6, 6.07) is 6.99. The second-order valence-corrected chi connectivity index (χ2v) is 3.07. The van der Waals surface area contributed by atoms with E-state index in [4.69, 9.17) is 10.6 Å². The van der Waals surface area contributed by atoms with Crippen molar-refractivity contribution in [2.75, 3.05) is 0 Å². The van der Waals surface area contributed by atoms with Crippen LogP contribution in [0.5, 0.6) is 0 Å². The lowest BCUT2D eigenvalue weighted by Crippen LogP contribution is -2.07. The maximum absolute atomic E-state index is 10.7. The monoisotopic (exact) mass is 217 g/mol. The van der Waals surface area contributed by atoms with Crippen LogP contribution in [0.3, 0.4) is 0 Å². The molecule has 0 unspecified atom stereocenters. The first-order valence-corrected chi connectivity index (χ1v) is 4.44. The molecule has 0 amide bonds. The minimum Gasteiger partial charge on any atom is -0.480 e. The third-order valence-corrected chi connectivity index (χ3v) is 2.06. The number of azide groups is 1. The summed E-state index contributed by atoms with van der Waals surface area (Å²) < 4.78 is 1.36. The van der Waals surface area contributed by atoms with E-state index in [9.17, 15) is 4.79 Å². The van der Waals surface area contributed by atoms with E-state index in [1.165, 1.54) is 4.57 Å². The summed E-state index contributed by atoms with van der Waals surface area (Å²) in [5.41, 5.74) is 9.60. The molecule has 0 saturated carbocycles. The Morgan fingerprint density at radius 2 is 2.31 bits per heavy atom. The lowest BCUT2D eigenvalue weighted by Gasteiger charge is -2.01. The third kappa shape index (κ3) is 1.67. The van der Waals surface area contributed by atoms with Crippen LogP contribution in [-0.2, 0) is 11.3 Å². The van der Waals surface area contributed by atoms with E-state index in [1.54, 1.807) is 24.3 Å². The summed E-state index contributed by atoms with van der Waals surface area (Å²) in [6.07, 6.45) is 0. The van der Waals surface area contributed by atoms with Crippen LogP contribution < -0.4 is 0 Å². The zero-order valence-corrected chi connectivity index (χ0v) is 8.11. The quantitative estimate of drug-likeness (QED) is 0.483. The average molecular weight is 217 g/mol. The van der Waals surface area contributed by atoms with Crippen molar-refractivity contribution in [3.63, 3.8) is 0 Å². The van der Waals surface area contributed by atoms with Gasteiger partial charge in [0.2, 0.25) is 0 Å². The number of aliphatic carboxylic acids is 1. The van der Waals surface area contributed by atoms with Gasteiger partial charge in [0.25, 0.3) is 0 Å². The molecule has 0 spiro atoms. The van der Waals surface area contributed by atoms with Crippen molar-refractivity contribution < 1.29 is 9.90 Å². The Hall–Kier alpha value is -2.53. The molecule has 1 N–H and O–H groups in total. The number of fused-ring (bicyclic) bond motifs is 1. The predicted molar refractivity (Wildman–Crippen MR) is 56.2 cm³/mol. The molecule has 80 valence electrons. The highest BCUT2D eigenvalue weighted by Crippen LogP contribution is 2.21. The van der Waals surface area contributed by atoms with Gasteiger partial charge in [-0.25, -0.2) is 4.98 Å². The van der Waals surface area contributed by atoms with Crippen LogP contribution in [0.15, 0.2) is 29.4 Å². The third-order valence-electron chi connectivity index (χ3n) is 2.06. The van der Waals surface area contributed by atoms with E-state index in [-0.39, 0.29) is 12.5 Å². The van der Waals surface area contributed by atoms with E-state index in [0.717, 1.165) is 0 Å². The van der Waals surface area contributed by atoms with E-state index in [2.05, 4.69) is 15.0 Å². The Morgan fingerprint density at radius 1 is 1.56 bits per heavy atom. The van der Waals surface area contributed by atoms with E-state index in [1.807, 2.05) is 0 Å². The summed E-state index contributed by atoms with van der Waals surface area (Å²) in [7, 11) is 0. The van der Waals surface area contributed by atoms with Gasteiger partial charge in [0.1, 0.15) is 6.54 Å². The topological polar surface area (TPSA) is 104 Å². The minimum atomic E-state index is -1.02. The number of imidazole rings is 1. The van der Waals surface area contributed by atoms with Gasteiger partial charge in [-0.2, -0.15) is 0 Å². The van der Waals surface area contributed by atoms with Crippen molar-refractivity contribution in [3.05, 3.63) is 34.7 Å². The molecule has 0 bridgehead atoms. The highest BCUT2D eigenvalue weighted by molar-refractivity contribution is 5.80. The van der Waals surface area contributed by atoms with Crippen LogP contribution in [0.2, 0.25) is 0 Å². The van der Waals surface area contributed by atoms with Gasteiger partial charge in [-0.05, 0) is 22.8 Å². The molecule has 2 aromatic rings. The predicted octanol–water partition coefficient (Wildman–Crippen LogP) is 2.06. The number of para-hydroxylation sites is 2. The van der Waals surface area contributed by atoms with E-state index in [0.29, 0.717) is 11.0 Å². The fourth-order valence-electron chi connectivity index (χ4n) is 1.47. The van der Waals surface area contributed by atoms with Gasteiger partial charge in [-0.15, -0.1) is 0 Å². The number of carboxylic acid groups (broad SMARTS) is 1. The molecule has 0 aliphatic rings. The summed E-state index contributed by atoms with van der Waals surface area (Å²) in [5, 5.41) is 12.1. The second kappa shape index (κ2) is 3.92. The number of benzene rings is 1. The normalized spacial score (nSPS) is 10.0. The lowest BCUT2D eigenvalue weighted by molar-refractivity contribution is -0.137. The SMILES string of the molecule is [N-]=[N+]=Nc1nc2ccccc2n1CC(=O)O. The van der Waals surface area contributed by atoms with E-state index >= 15 is 0 Å². The number of nitrogens with zero attached hydrogens (tertiary/aromatic N) is 5. The molecular formula is C9H7N5O2. The zero-order valence-electron chi connectivity index (χ0n) is 8.11. The molecule has 7 heteroatoms. The number of hydrogen-bond acceptors (Lipinski definition) is 3. The highest BCUT2D eigenvalue weighted by atomic mass is 16.4. The van der Waals surface area contributed by atoms with Crippen LogP contribution in [-0.4, -0.2) is 20.6 Å². The molecular weight excluding hydrogens is 210 g/mol. The Balaban J connectivity index is 2.68. The number of hydrogen-bond donors (Lipinski definition) is 1. The van der Waals surface area contributed by atoms with Gasteiger partial charge in [-0.1, -0.05) is 12.1 Å². The molecule has 1 aromatic heterocycles. The van der Waals surface area contributed by atoms with Gasteiger partial charge in [0.05, 0.1) is 11.0 Å². The molecule has 1 heterocycles. The van der Waals surface area contributed by atoms with Crippen LogP contribution >= 0.6 is 0 Å². The molecule has 16 heavy (non-hydrogen) atoms. The summed E-state index contributed by atoms with van der Waals surface area (Å²) in [5.74, 6) is -0.955. The second-order valence-electron chi connectivity index (χ2n) is 3.07. The highest BCUT2D eigenvalue weighted by Gasteiger charge is 2.11. The van der Waals surface area contributed by atoms with Gasteiger partial charge in [0.15, 0.2) is 5.95 Å². The maximum atomic E-state index is 10.7. The first kappa shape index (κ1) is 10.0. The van der Waals surface area contributed by atoms with Crippen molar-refractivity contribution in [2.45, 2.75) is 6.54 Å². The molecule has 0 radical (unpaired) electrons. The van der Waals surface area contributed by atoms with Gasteiger partial charge < -0.3 is 9.67 Å². The summed E-state index contributed by atoms with van der Waals surface area (Å²) >= 11 is 0. The van der Waals surface area contributed by atoms with Gasteiger partial charge in [0, 0.05) is 4.91 Å². The Morgan fingerprint density at radius 3 is 3.00 bits per heavy atom. The minimum absolute atomic E-state index is 0.0612. The molecule has 0 aliphatic carbocycles. The lowest BCUT2D eigenvalue weighted by atomic mass is 10.3. The Kier molecular flexibility index (Phi) is 2.45. The largest absolute Gasteiger partial charge is 0.480 e. The Bertz CT molecular complexity index is 597. The zero-order chi connectivity index (χ0) is 11.5. The van der Waals surface area contributed by atoms with Crippen LogP contribution in [0.4, 0.5) is 5.95 Å². The summed E-state index contributed by atoms with van der Waals surface area (Å²) in [4.78, 5) is 17.3. The fraction of sp³-hybridized carbons (Fsp3) is 0.111. The molecule has 0 saturated heterocycles. The first-order valence-electron chi connectivity index (χ1n) is 4.44. The smallest absolute Gasteiger partial charge is 0.323 e. The number of aromatic nitrogens is 2. The van der Waals surface area contributed by atoms with Crippen molar-refractivity contribution in [3.8, 4) is 0 Å². The molecule has 2 rings (SSSR count). The first-order chi connectivity index (χ1) is 7.72. The van der Waals surface area contributed by atoms with Crippen LogP contribution in [0.1, 0.15) is 0 Å². The van der Waals surface area contributed by atoms with E-state index < -0.39 is 5.97 Å². The van der Waals surface area contributed by atoms with Crippen LogP contribution in [0, 0.1) is 0 Å². The van der Waals surface area contributed by atoms with Gasteiger partial charge >= 0.3 is 5.97 Å².